The van der Waals surface area contributed by atoms with E-state index in [1.54, 1.807) is 25.2 Å². The molecule has 15 heavy (non-hydrogen) atoms. The molecule has 0 aliphatic carbocycles. The summed E-state index contributed by atoms with van der Waals surface area (Å²) in [6, 6.07) is 0. The van der Waals surface area contributed by atoms with E-state index in [0.717, 1.165) is 17.5 Å². The van der Waals surface area contributed by atoms with Gasteiger partial charge in [0.05, 0.1) is 4.92 Å². The fraction of sp³-hybridized carbons (Fsp3) is 0.375. The highest BCUT2D eigenvalue weighted by Crippen LogP contribution is 1.78. The molecule has 0 aliphatic rings. The Morgan fingerprint density at radius 1 is 1.53 bits per heavy atom. The number of aromatic nitrogens is 1. The highest BCUT2D eigenvalue weighted by molar-refractivity contribution is 7.07. The minimum absolute atomic E-state index is 0.221. The number of nitro groups is 1. The van der Waals surface area contributed by atoms with Crippen molar-refractivity contribution in [3.8, 4) is 0 Å². The van der Waals surface area contributed by atoms with Crippen LogP contribution in [0.2, 0.25) is 0 Å². The van der Waals surface area contributed by atoms with Crippen LogP contribution in [0.4, 0.5) is 0 Å². The van der Waals surface area contributed by atoms with Crippen LogP contribution in [-0.2, 0) is 7.05 Å². The van der Waals surface area contributed by atoms with Gasteiger partial charge in [-0.05, 0) is 0 Å². The molecule has 0 unspecified atom stereocenters. The van der Waals surface area contributed by atoms with Crippen LogP contribution in [-0.4, -0.2) is 28.5 Å². The van der Waals surface area contributed by atoms with Gasteiger partial charge in [0.2, 0.25) is 0 Å². The minimum atomic E-state index is -0.565. The number of rotatable bonds is 2. The second-order valence-corrected chi connectivity index (χ2v) is 4.24. The molecule has 1 aromatic heterocycles. The number of hydrogen-bond donors (Lipinski definition) is 0. The van der Waals surface area contributed by atoms with Gasteiger partial charge in [-0.1, -0.05) is 0 Å². The minimum Gasteiger partial charge on any atom is -0.382 e. The molecule has 1 heterocycles. The first-order valence-electron chi connectivity index (χ1n) is 4.11. The highest BCUT2D eigenvalue weighted by atomic mass is 32.1. The highest BCUT2D eigenvalue weighted by Gasteiger charge is 2.02. The van der Waals surface area contributed by atoms with Crippen molar-refractivity contribution in [3.05, 3.63) is 29.7 Å². The smallest absolute Gasteiger partial charge is 0.270 e. The Balaban J connectivity index is 3.51. The SMILES string of the molecule is CN(C)C=c1s/c(=C\[N+](=O)[O-])n(C)c1=O. The third kappa shape index (κ3) is 2.66. The molecule has 0 aromatic carbocycles. The van der Waals surface area contributed by atoms with Crippen molar-refractivity contribution < 1.29 is 4.92 Å². The lowest BCUT2D eigenvalue weighted by Gasteiger charge is -1.99. The Morgan fingerprint density at radius 3 is 2.60 bits per heavy atom. The molecule has 0 spiro atoms. The van der Waals surface area contributed by atoms with E-state index < -0.39 is 4.92 Å². The molecule has 0 bridgehead atoms. The van der Waals surface area contributed by atoms with Gasteiger partial charge in [0, 0.05) is 27.3 Å². The molecule has 1 aromatic rings. The zero-order chi connectivity index (χ0) is 11.6. The molecule has 0 N–H and O–H groups in total. The Bertz CT molecular complexity index is 540. The van der Waals surface area contributed by atoms with Gasteiger partial charge < -0.3 is 4.90 Å². The van der Waals surface area contributed by atoms with Crippen LogP contribution >= 0.6 is 11.3 Å². The fourth-order valence-electron chi connectivity index (χ4n) is 1.01. The van der Waals surface area contributed by atoms with Crippen molar-refractivity contribution in [2.24, 2.45) is 7.05 Å². The van der Waals surface area contributed by atoms with Gasteiger partial charge in [-0.3, -0.25) is 19.5 Å². The first-order valence-corrected chi connectivity index (χ1v) is 4.93. The monoisotopic (exact) mass is 229 g/mol. The largest absolute Gasteiger partial charge is 0.382 e. The molecular weight excluding hydrogens is 218 g/mol. The lowest BCUT2D eigenvalue weighted by atomic mass is 10.7. The molecule has 0 saturated heterocycles. The molecule has 1 rings (SSSR count). The molecule has 0 saturated carbocycles. The average Bonchev–Trinajstić information content (AvgIpc) is 2.32. The van der Waals surface area contributed by atoms with E-state index in [-0.39, 0.29) is 5.56 Å². The normalized spacial score (nSPS) is 13.3. The van der Waals surface area contributed by atoms with Crippen LogP contribution in [0.3, 0.4) is 0 Å². The van der Waals surface area contributed by atoms with Gasteiger partial charge in [-0.25, -0.2) is 0 Å². The molecule has 0 amide bonds. The van der Waals surface area contributed by atoms with Crippen LogP contribution in [0.15, 0.2) is 4.79 Å². The van der Waals surface area contributed by atoms with E-state index in [1.807, 2.05) is 0 Å². The fourth-order valence-corrected chi connectivity index (χ4v) is 2.08. The number of thiazole rings is 1. The van der Waals surface area contributed by atoms with Gasteiger partial charge in [-0.15, -0.1) is 11.3 Å². The molecular formula is C8H11N3O3S. The summed E-state index contributed by atoms with van der Waals surface area (Å²) in [5, 5.41) is 10.3. The van der Waals surface area contributed by atoms with E-state index in [1.165, 1.54) is 11.6 Å². The van der Waals surface area contributed by atoms with Crippen LogP contribution in [0.25, 0.3) is 12.4 Å². The summed E-state index contributed by atoms with van der Waals surface area (Å²) in [6.07, 6.45) is 2.48. The quantitative estimate of drug-likeness (QED) is 0.470. The third-order valence-corrected chi connectivity index (χ3v) is 2.74. The molecule has 7 heteroatoms. The van der Waals surface area contributed by atoms with Gasteiger partial charge >= 0.3 is 0 Å². The van der Waals surface area contributed by atoms with Crippen LogP contribution in [0.5, 0.6) is 0 Å². The summed E-state index contributed by atoms with van der Waals surface area (Å²) < 4.78 is 2.08. The molecule has 0 fully saturated rings. The standard InChI is InChI=1S/C8H11N3O3S/c1-9(2)4-6-8(12)10(3)7(15-6)5-11(13)14/h4-5H,1-3H3/b6-4?,7-5-. The van der Waals surface area contributed by atoms with Crippen LogP contribution in [0, 0.1) is 10.1 Å². The van der Waals surface area contributed by atoms with Crippen molar-refractivity contribution in [2.45, 2.75) is 0 Å². The Hall–Kier alpha value is -1.63. The Labute approximate surface area is 89.5 Å². The molecule has 6 nitrogen and oxygen atoms in total. The first-order chi connectivity index (χ1) is 6.91. The summed E-state index contributed by atoms with van der Waals surface area (Å²) in [7, 11) is 5.09. The Kier molecular flexibility index (Phi) is 3.25. The summed E-state index contributed by atoms with van der Waals surface area (Å²) in [4.78, 5) is 23.0. The second-order valence-electron chi connectivity index (χ2n) is 3.18. The van der Waals surface area contributed by atoms with E-state index in [2.05, 4.69) is 0 Å². The molecule has 82 valence electrons. The topological polar surface area (TPSA) is 68.4 Å². The first kappa shape index (κ1) is 11.4. The van der Waals surface area contributed by atoms with Gasteiger partial charge in [0.1, 0.15) is 4.53 Å². The van der Waals surface area contributed by atoms with Crippen molar-refractivity contribution in [3.63, 3.8) is 0 Å². The van der Waals surface area contributed by atoms with Crippen LogP contribution in [0.1, 0.15) is 0 Å². The summed E-state index contributed by atoms with van der Waals surface area (Å²) in [5.74, 6) is 0. The maximum Gasteiger partial charge on any atom is 0.270 e. The maximum absolute atomic E-state index is 11.6. The van der Waals surface area contributed by atoms with E-state index >= 15 is 0 Å². The molecule has 0 aliphatic heterocycles. The summed E-state index contributed by atoms with van der Waals surface area (Å²) >= 11 is 1.10. The van der Waals surface area contributed by atoms with Crippen molar-refractivity contribution in [1.82, 2.24) is 9.47 Å². The van der Waals surface area contributed by atoms with E-state index in [9.17, 15) is 14.9 Å². The second kappa shape index (κ2) is 4.26. The zero-order valence-electron chi connectivity index (χ0n) is 8.63. The van der Waals surface area contributed by atoms with Crippen molar-refractivity contribution in [1.29, 1.82) is 0 Å². The predicted octanol–water partition coefficient (Wildman–Crippen LogP) is -1.24. The van der Waals surface area contributed by atoms with Gasteiger partial charge in [0.25, 0.3) is 11.8 Å². The third-order valence-electron chi connectivity index (χ3n) is 1.65. The van der Waals surface area contributed by atoms with Crippen molar-refractivity contribution in [2.75, 3.05) is 14.1 Å². The van der Waals surface area contributed by atoms with E-state index in [4.69, 9.17) is 0 Å². The molecule has 0 radical (unpaired) electrons. The predicted molar refractivity (Wildman–Crippen MR) is 58.4 cm³/mol. The summed E-state index contributed by atoms with van der Waals surface area (Å²) in [5.41, 5.74) is -0.221. The van der Waals surface area contributed by atoms with Gasteiger partial charge in [0.15, 0.2) is 4.66 Å². The number of nitrogens with zero attached hydrogens (tertiary/aromatic N) is 3. The summed E-state index contributed by atoms with van der Waals surface area (Å²) in [6.45, 7) is 0. The van der Waals surface area contributed by atoms with E-state index in [0.29, 0.717) is 9.20 Å². The van der Waals surface area contributed by atoms with Crippen LogP contribution < -0.4 is 14.8 Å². The average molecular weight is 229 g/mol. The Morgan fingerprint density at radius 2 is 2.13 bits per heavy atom. The zero-order valence-corrected chi connectivity index (χ0v) is 9.45. The lowest BCUT2D eigenvalue weighted by molar-refractivity contribution is -0.363. The maximum atomic E-state index is 11.6. The number of hydrogen-bond acceptors (Lipinski definition) is 5. The lowest BCUT2D eigenvalue weighted by Crippen LogP contribution is -2.30. The van der Waals surface area contributed by atoms with Crippen molar-refractivity contribution >= 4 is 23.7 Å². The molecule has 0 atom stereocenters. The van der Waals surface area contributed by atoms with Gasteiger partial charge in [-0.2, -0.15) is 0 Å².